The highest BCUT2D eigenvalue weighted by molar-refractivity contribution is 5.98. The van der Waals surface area contributed by atoms with Crippen molar-refractivity contribution in [1.29, 1.82) is 0 Å². The largest absolute Gasteiger partial charge is 0.505 e. The van der Waals surface area contributed by atoms with Crippen molar-refractivity contribution in [3.8, 4) is 5.75 Å². The molecular weight excluding hydrogens is 210 g/mol. The summed E-state index contributed by atoms with van der Waals surface area (Å²) in [5, 5.41) is 19.2. The lowest BCUT2D eigenvalue weighted by Crippen LogP contribution is -2.23. The molecule has 5 heteroatoms. The normalized spacial score (nSPS) is 10.6. The standard InChI is InChI=1S/C11H9NO4/c1-12-8(11(15)16)9(13)6-4-2-3-5-7(6)10(12)14/h2-5,13H,1H3,(H,15,16). The Labute approximate surface area is 90.2 Å². The van der Waals surface area contributed by atoms with Crippen LogP contribution < -0.4 is 5.56 Å². The number of pyridine rings is 1. The van der Waals surface area contributed by atoms with Crippen LogP contribution in [0.2, 0.25) is 0 Å². The number of fused-ring (bicyclic) bond motifs is 1. The maximum Gasteiger partial charge on any atom is 0.356 e. The molecule has 0 fully saturated rings. The number of nitrogens with zero attached hydrogens (tertiary/aromatic N) is 1. The summed E-state index contributed by atoms with van der Waals surface area (Å²) >= 11 is 0. The van der Waals surface area contributed by atoms with Crippen molar-refractivity contribution in [3.05, 3.63) is 40.3 Å². The molecule has 0 unspecified atom stereocenters. The van der Waals surface area contributed by atoms with E-state index in [1.54, 1.807) is 18.2 Å². The van der Waals surface area contributed by atoms with Gasteiger partial charge in [0.25, 0.3) is 5.56 Å². The van der Waals surface area contributed by atoms with Gasteiger partial charge in [0.2, 0.25) is 0 Å². The summed E-state index contributed by atoms with van der Waals surface area (Å²) in [4.78, 5) is 22.7. The first-order chi connectivity index (χ1) is 7.54. The van der Waals surface area contributed by atoms with Crippen LogP contribution in [0.15, 0.2) is 29.1 Å². The minimum atomic E-state index is -1.33. The molecular formula is C11H9NO4. The van der Waals surface area contributed by atoms with E-state index in [4.69, 9.17) is 5.11 Å². The molecule has 0 aliphatic heterocycles. The zero-order chi connectivity index (χ0) is 11.9. The van der Waals surface area contributed by atoms with Gasteiger partial charge in [0, 0.05) is 12.4 Å². The minimum absolute atomic E-state index is 0.253. The third-order valence-corrected chi connectivity index (χ3v) is 2.48. The number of aromatic carboxylic acids is 1. The van der Waals surface area contributed by atoms with Crippen LogP contribution in [-0.4, -0.2) is 20.7 Å². The Kier molecular flexibility index (Phi) is 2.16. The Bertz CT molecular complexity index is 642. The number of rotatable bonds is 1. The predicted molar refractivity (Wildman–Crippen MR) is 57.8 cm³/mol. The lowest BCUT2D eigenvalue weighted by molar-refractivity contribution is 0.0681. The zero-order valence-electron chi connectivity index (χ0n) is 8.47. The van der Waals surface area contributed by atoms with Crippen molar-refractivity contribution < 1.29 is 15.0 Å². The van der Waals surface area contributed by atoms with Crippen LogP contribution in [0.4, 0.5) is 0 Å². The van der Waals surface area contributed by atoms with Crippen molar-refractivity contribution >= 4 is 16.7 Å². The van der Waals surface area contributed by atoms with Gasteiger partial charge in [0.1, 0.15) is 0 Å². The first-order valence-corrected chi connectivity index (χ1v) is 4.58. The Morgan fingerprint density at radius 3 is 2.38 bits per heavy atom. The Balaban J connectivity index is 3.07. The van der Waals surface area contributed by atoms with Gasteiger partial charge < -0.3 is 14.8 Å². The molecule has 82 valence electrons. The second kappa shape index (κ2) is 3.37. The van der Waals surface area contributed by atoms with Gasteiger partial charge in [-0.15, -0.1) is 0 Å². The van der Waals surface area contributed by atoms with E-state index in [2.05, 4.69) is 0 Å². The molecule has 0 saturated heterocycles. The average molecular weight is 219 g/mol. The quantitative estimate of drug-likeness (QED) is 0.748. The van der Waals surface area contributed by atoms with Gasteiger partial charge in [-0.3, -0.25) is 4.79 Å². The molecule has 2 rings (SSSR count). The molecule has 2 N–H and O–H groups in total. The summed E-state index contributed by atoms with van der Waals surface area (Å²) < 4.78 is 0.931. The summed E-state index contributed by atoms with van der Waals surface area (Å²) in [6.45, 7) is 0. The van der Waals surface area contributed by atoms with Crippen molar-refractivity contribution in [3.63, 3.8) is 0 Å². The average Bonchev–Trinajstić information content (AvgIpc) is 2.26. The Morgan fingerprint density at radius 1 is 1.25 bits per heavy atom. The third-order valence-electron chi connectivity index (χ3n) is 2.48. The van der Waals surface area contributed by atoms with Crippen LogP contribution in [-0.2, 0) is 7.05 Å². The SMILES string of the molecule is Cn1c(C(=O)O)c(O)c2ccccc2c1=O. The van der Waals surface area contributed by atoms with E-state index >= 15 is 0 Å². The molecule has 0 saturated carbocycles. The highest BCUT2D eigenvalue weighted by atomic mass is 16.4. The predicted octanol–water partition coefficient (Wildman–Crippen LogP) is 0.942. The monoisotopic (exact) mass is 219 g/mol. The van der Waals surface area contributed by atoms with E-state index < -0.39 is 17.2 Å². The molecule has 0 atom stereocenters. The van der Waals surface area contributed by atoms with Crippen molar-refractivity contribution in [2.75, 3.05) is 0 Å². The van der Waals surface area contributed by atoms with Gasteiger partial charge in [0.15, 0.2) is 11.4 Å². The molecule has 1 aromatic heterocycles. The zero-order valence-corrected chi connectivity index (χ0v) is 8.47. The Hall–Kier alpha value is -2.30. The number of carboxylic acids is 1. The molecule has 1 aromatic carbocycles. The summed E-state index contributed by atoms with van der Waals surface area (Å²) in [6.07, 6.45) is 0. The second-order valence-electron chi connectivity index (χ2n) is 3.41. The number of hydrogen-bond acceptors (Lipinski definition) is 3. The van der Waals surface area contributed by atoms with Crippen molar-refractivity contribution in [1.82, 2.24) is 4.57 Å². The Morgan fingerprint density at radius 2 is 1.81 bits per heavy atom. The first-order valence-electron chi connectivity index (χ1n) is 4.58. The molecule has 0 aliphatic rings. The molecule has 0 aliphatic carbocycles. The van der Waals surface area contributed by atoms with Crippen LogP contribution in [0, 0.1) is 0 Å². The smallest absolute Gasteiger partial charge is 0.356 e. The number of aromatic nitrogens is 1. The van der Waals surface area contributed by atoms with Crippen LogP contribution >= 0.6 is 0 Å². The molecule has 0 spiro atoms. The minimum Gasteiger partial charge on any atom is -0.505 e. The van der Waals surface area contributed by atoms with E-state index in [9.17, 15) is 14.7 Å². The molecule has 0 bridgehead atoms. The molecule has 0 amide bonds. The van der Waals surface area contributed by atoms with Crippen LogP contribution in [0.5, 0.6) is 5.75 Å². The van der Waals surface area contributed by atoms with Gasteiger partial charge in [-0.25, -0.2) is 4.79 Å². The highest BCUT2D eigenvalue weighted by Gasteiger charge is 2.18. The summed E-state index contributed by atoms with van der Waals surface area (Å²) in [5.41, 5.74) is -0.838. The fourth-order valence-electron chi connectivity index (χ4n) is 1.69. The lowest BCUT2D eigenvalue weighted by atomic mass is 10.1. The van der Waals surface area contributed by atoms with Gasteiger partial charge >= 0.3 is 5.97 Å². The third kappa shape index (κ3) is 1.25. The second-order valence-corrected chi connectivity index (χ2v) is 3.41. The molecule has 16 heavy (non-hydrogen) atoms. The topological polar surface area (TPSA) is 79.5 Å². The molecule has 0 radical (unpaired) electrons. The number of carbonyl (C=O) groups is 1. The fourth-order valence-corrected chi connectivity index (χ4v) is 1.69. The molecule has 2 aromatic rings. The highest BCUT2D eigenvalue weighted by Crippen LogP contribution is 2.25. The van der Waals surface area contributed by atoms with E-state index in [0.29, 0.717) is 5.39 Å². The van der Waals surface area contributed by atoms with Crippen LogP contribution in [0.25, 0.3) is 10.8 Å². The number of aromatic hydroxyl groups is 1. The van der Waals surface area contributed by atoms with Gasteiger partial charge in [-0.2, -0.15) is 0 Å². The lowest BCUT2D eigenvalue weighted by Gasteiger charge is -2.09. The summed E-state index contributed by atoms with van der Waals surface area (Å²) in [6, 6.07) is 6.35. The number of hydrogen-bond donors (Lipinski definition) is 2. The van der Waals surface area contributed by atoms with Gasteiger partial charge in [-0.05, 0) is 6.07 Å². The summed E-state index contributed by atoms with van der Waals surface area (Å²) in [7, 11) is 1.32. The number of benzene rings is 1. The van der Waals surface area contributed by atoms with E-state index in [1.165, 1.54) is 13.1 Å². The molecule has 5 nitrogen and oxygen atoms in total. The van der Waals surface area contributed by atoms with Crippen LogP contribution in [0.3, 0.4) is 0 Å². The maximum absolute atomic E-state index is 11.8. The van der Waals surface area contributed by atoms with Crippen molar-refractivity contribution in [2.45, 2.75) is 0 Å². The number of carboxylic acid groups (broad SMARTS) is 1. The van der Waals surface area contributed by atoms with Gasteiger partial charge in [-0.1, -0.05) is 18.2 Å². The van der Waals surface area contributed by atoms with Crippen molar-refractivity contribution in [2.24, 2.45) is 7.05 Å². The van der Waals surface area contributed by atoms with E-state index in [-0.39, 0.29) is 11.1 Å². The fraction of sp³-hybridized carbons (Fsp3) is 0.0909. The van der Waals surface area contributed by atoms with E-state index in [1.807, 2.05) is 0 Å². The summed E-state index contributed by atoms with van der Waals surface area (Å²) in [5.74, 6) is -1.71. The molecule has 1 heterocycles. The first kappa shape index (κ1) is 10.2. The van der Waals surface area contributed by atoms with E-state index in [0.717, 1.165) is 4.57 Å². The maximum atomic E-state index is 11.8. The van der Waals surface area contributed by atoms with Crippen LogP contribution in [0.1, 0.15) is 10.5 Å². The van der Waals surface area contributed by atoms with Gasteiger partial charge in [0.05, 0.1) is 5.39 Å².